The first-order valence-corrected chi connectivity index (χ1v) is 8.94. The summed E-state index contributed by atoms with van der Waals surface area (Å²) in [5.41, 5.74) is 1.73. The van der Waals surface area contributed by atoms with Gasteiger partial charge in [0.25, 0.3) is 0 Å². The molecule has 1 fully saturated rings. The average Bonchev–Trinajstić information content (AvgIpc) is 3.32. The normalized spacial score (nSPS) is 14.3. The number of hydrogen-bond acceptors (Lipinski definition) is 5. The molecule has 27 heavy (non-hydrogen) atoms. The zero-order valence-corrected chi connectivity index (χ0v) is 15.1. The van der Waals surface area contributed by atoms with Gasteiger partial charge < -0.3 is 9.80 Å². The van der Waals surface area contributed by atoms with Crippen molar-refractivity contribution in [1.29, 1.82) is 0 Å². The van der Waals surface area contributed by atoms with E-state index in [-0.39, 0.29) is 24.8 Å². The lowest BCUT2D eigenvalue weighted by atomic mass is 10.1. The van der Waals surface area contributed by atoms with E-state index in [2.05, 4.69) is 15.3 Å². The quantitative estimate of drug-likeness (QED) is 0.685. The molecule has 0 N–H and O–H groups in total. The number of carbonyl (C=O) groups is 2. The van der Waals surface area contributed by atoms with E-state index in [1.165, 1.54) is 0 Å². The molecule has 0 unspecified atom stereocenters. The number of hydrogen-bond donors (Lipinski definition) is 0. The van der Waals surface area contributed by atoms with Crippen molar-refractivity contribution in [2.45, 2.75) is 19.9 Å². The van der Waals surface area contributed by atoms with Crippen molar-refractivity contribution >= 4 is 22.6 Å². The second kappa shape index (κ2) is 7.14. The van der Waals surface area contributed by atoms with Crippen LogP contribution in [0.25, 0.3) is 22.0 Å². The van der Waals surface area contributed by atoms with Crippen LogP contribution in [0.3, 0.4) is 0 Å². The summed E-state index contributed by atoms with van der Waals surface area (Å²) in [4.78, 5) is 31.4. The second-order valence-corrected chi connectivity index (χ2v) is 6.54. The summed E-state index contributed by atoms with van der Waals surface area (Å²) in [6.07, 6.45) is 5.71. The number of aryl methyl sites for hydroxylation is 1. The third-order valence-corrected chi connectivity index (χ3v) is 4.78. The molecule has 0 saturated carbocycles. The van der Waals surface area contributed by atoms with Gasteiger partial charge in [-0.2, -0.15) is 0 Å². The maximum Gasteiger partial charge on any atom is 0.243 e. The van der Waals surface area contributed by atoms with Gasteiger partial charge >= 0.3 is 0 Å². The summed E-state index contributed by atoms with van der Waals surface area (Å²) in [5, 5.41) is 10.5. The van der Waals surface area contributed by atoms with Crippen LogP contribution in [0.4, 0.5) is 0 Å². The Bertz CT molecular complexity index is 999. The minimum absolute atomic E-state index is 0.000367. The van der Waals surface area contributed by atoms with Crippen molar-refractivity contribution in [2.75, 3.05) is 19.8 Å². The standard InChI is InChI=1S/C19H20N6O2/c1-2-23-13-24(12-19(23)27)18(26)6-8-25-11-17(21-22-25)15-3-4-16-10-20-7-5-14(16)9-15/h3-5,7,9-11H,2,6,8,12-13H2,1H3. The number of nitrogens with zero attached hydrogens (tertiary/aromatic N) is 6. The van der Waals surface area contributed by atoms with E-state index in [1.54, 1.807) is 20.7 Å². The Morgan fingerprint density at radius 1 is 1.22 bits per heavy atom. The van der Waals surface area contributed by atoms with Crippen LogP contribution < -0.4 is 0 Å². The van der Waals surface area contributed by atoms with E-state index >= 15 is 0 Å². The van der Waals surface area contributed by atoms with Crippen LogP contribution in [0, 0.1) is 0 Å². The van der Waals surface area contributed by atoms with Gasteiger partial charge in [0, 0.05) is 36.3 Å². The van der Waals surface area contributed by atoms with E-state index < -0.39 is 0 Å². The Morgan fingerprint density at radius 3 is 2.93 bits per heavy atom. The third-order valence-electron chi connectivity index (χ3n) is 4.78. The minimum Gasteiger partial charge on any atom is -0.324 e. The van der Waals surface area contributed by atoms with Crippen molar-refractivity contribution < 1.29 is 9.59 Å². The number of pyridine rings is 1. The first kappa shape index (κ1) is 17.1. The van der Waals surface area contributed by atoms with Crippen molar-refractivity contribution in [2.24, 2.45) is 0 Å². The maximum absolute atomic E-state index is 12.3. The molecule has 1 aliphatic heterocycles. The van der Waals surface area contributed by atoms with Gasteiger partial charge in [-0.1, -0.05) is 17.3 Å². The Morgan fingerprint density at radius 2 is 2.11 bits per heavy atom. The topological polar surface area (TPSA) is 84.2 Å². The first-order chi connectivity index (χ1) is 13.1. The number of carbonyl (C=O) groups excluding carboxylic acids is 2. The molecule has 0 aliphatic carbocycles. The summed E-state index contributed by atoms with van der Waals surface area (Å²) >= 11 is 0. The van der Waals surface area contributed by atoms with E-state index in [4.69, 9.17) is 0 Å². The lowest BCUT2D eigenvalue weighted by molar-refractivity contribution is -0.132. The zero-order chi connectivity index (χ0) is 18.8. The maximum atomic E-state index is 12.3. The molecule has 4 rings (SSSR count). The fraction of sp³-hybridized carbons (Fsp3) is 0.316. The molecule has 8 heteroatoms. The van der Waals surface area contributed by atoms with Gasteiger partial charge in [0.15, 0.2) is 0 Å². The number of benzene rings is 1. The average molecular weight is 364 g/mol. The van der Waals surface area contributed by atoms with Crippen molar-refractivity contribution in [3.05, 3.63) is 42.9 Å². The van der Waals surface area contributed by atoms with E-state index in [9.17, 15) is 9.59 Å². The summed E-state index contributed by atoms with van der Waals surface area (Å²) in [7, 11) is 0. The lowest BCUT2D eigenvalue weighted by Gasteiger charge is -2.16. The Hall–Kier alpha value is -3.29. The van der Waals surface area contributed by atoms with Crippen molar-refractivity contribution in [1.82, 2.24) is 29.8 Å². The van der Waals surface area contributed by atoms with Gasteiger partial charge in [0.05, 0.1) is 19.4 Å². The molecular formula is C19H20N6O2. The smallest absolute Gasteiger partial charge is 0.243 e. The van der Waals surface area contributed by atoms with Crippen LogP contribution in [-0.4, -0.2) is 61.4 Å². The van der Waals surface area contributed by atoms with Crippen molar-refractivity contribution in [3.8, 4) is 11.3 Å². The minimum atomic E-state index is -0.0467. The van der Waals surface area contributed by atoms with E-state index in [0.29, 0.717) is 19.8 Å². The van der Waals surface area contributed by atoms with Gasteiger partial charge in [-0.05, 0) is 24.4 Å². The molecule has 2 aromatic heterocycles. The zero-order valence-electron chi connectivity index (χ0n) is 15.1. The van der Waals surface area contributed by atoms with Crippen LogP contribution in [0.1, 0.15) is 13.3 Å². The first-order valence-electron chi connectivity index (χ1n) is 8.94. The molecule has 3 aromatic rings. The monoisotopic (exact) mass is 364 g/mol. The van der Waals surface area contributed by atoms with E-state index in [0.717, 1.165) is 22.0 Å². The van der Waals surface area contributed by atoms with Crippen molar-refractivity contribution in [3.63, 3.8) is 0 Å². The molecule has 0 spiro atoms. The predicted octanol–water partition coefficient (Wildman–Crippen LogP) is 1.53. The van der Waals surface area contributed by atoms with Gasteiger partial charge in [-0.25, -0.2) is 0 Å². The molecule has 0 atom stereocenters. The van der Waals surface area contributed by atoms with Gasteiger partial charge in [-0.3, -0.25) is 19.3 Å². The van der Waals surface area contributed by atoms with E-state index in [1.807, 2.05) is 43.6 Å². The summed E-state index contributed by atoms with van der Waals surface area (Å²) in [6, 6.07) is 7.99. The highest BCUT2D eigenvalue weighted by atomic mass is 16.2. The fourth-order valence-electron chi connectivity index (χ4n) is 3.19. The highest BCUT2D eigenvalue weighted by Crippen LogP contribution is 2.22. The molecule has 138 valence electrons. The van der Waals surface area contributed by atoms with Crippen LogP contribution in [0.2, 0.25) is 0 Å². The SMILES string of the molecule is CCN1CN(C(=O)CCn2cc(-c3ccc4cnccc4c3)nn2)CC1=O. The summed E-state index contributed by atoms with van der Waals surface area (Å²) in [6.45, 7) is 3.51. The van der Waals surface area contributed by atoms with Crippen LogP contribution in [0.15, 0.2) is 42.9 Å². The Balaban J connectivity index is 1.40. The molecule has 3 heterocycles. The largest absolute Gasteiger partial charge is 0.324 e. The predicted molar refractivity (Wildman–Crippen MR) is 99.3 cm³/mol. The van der Waals surface area contributed by atoms with Gasteiger partial charge in [0.2, 0.25) is 11.8 Å². The Kier molecular flexibility index (Phi) is 4.53. The molecule has 1 aliphatic rings. The molecule has 8 nitrogen and oxygen atoms in total. The molecular weight excluding hydrogens is 344 g/mol. The molecule has 1 saturated heterocycles. The fourth-order valence-corrected chi connectivity index (χ4v) is 3.19. The summed E-state index contributed by atoms with van der Waals surface area (Å²) in [5.74, 6) is -0.0463. The van der Waals surface area contributed by atoms with Gasteiger partial charge in [-0.15, -0.1) is 5.10 Å². The Labute approximate surface area is 156 Å². The second-order valence-electron chi connectivity index (χ2n) is 6.54. The number of fused-ring (bicyclic) bond motifs is 1. The molecule has 0 radical (unpaired) electrons. The summed E-state index contributed by atoms with van der Waals surface area (Å²) < 4.78 is 1.67. The van der Waals surface area contributed by atoms with Crippen LogP contribution in [0.5, 0.6) is 0 Å². The number of likely N-dealkylation sites (N-methyl/N-ethyl adjacent to an activating group) is 1. The molecule has 0 bridgehead atoms. The molecule has 2 amide bonds. The highest BCUT2D eigenvalue weighted by molar-refractivity contribution is 5.88. The van der Waals surface area contributed by atoms with Crippen LogP contribution in [-0.2, 0) is 16.1 Å². The highest BCUT2D eigenvalue weighted by Gasteiger charge is 2.29. The van der Waals surface area contributed by atoms with Gasteiger partial charge in [0.1, 0.15) is 12.2 Å². The lowest BCUT2D eigenvalue weighted by Crippen LogP contribution is -2.31. The number of aromatic nitrogens is 4. The number of amides is 2. The molecule has 1 aromatic carbocycles. The number of rotatable bonds is 5. The third kappa shape index (κ3) is 3.51. The van der Waals surface area contributed by atoms with Crippen LogP contribution >= 0.6 is 0 Å².